The predicted octanol–water partition coefficient (Wildman–Crippen LogP) is 8.40. The Balaban J connectivity index is 1.81. The monoisotopic (exact) mass is 422 g/mol. The highest BCUT2D eigenvalue weighted by Gasteiger charge is 2.12. The van der Waals surface area contributed by atoms with Gasteiger partial charge in [-0.2, -0.15) is 0 Å². The van der Waals surface area contributed by atoms with Crippen LogP contribution < -0.4 is 0 Å². The van der Waals surface area contributed by atoms with E-state index < -0.39 is 0 Å². The first kappa shape index (κ1) is 17.2. The van der Waals surface area contributed by atoms with E-state index in [1.807, 2.05) is 0 Å². The van der Waals surface area contributed by atoms with Gasteiger partial charge in [-0.3, -0.25) is 0 Å². The molecular formula is C27H19Br. The second-order valence-electron chi connectivity index (χ2n) is 7.21. The van der Waals surface area contributed by atoms with Crippen LogP contribution in [0.1, 0.15) is 5.56 Å². The van der Waals surface area contributed by atoms with E-state index in [1.54, 1.807) is 0 Å². The van der Waals surface area contributed by atoms with E-state index in [2.05, 4.69) is 120 Å². The molecule has 0 unspecified atom stereocenters. The molecule has 0 amide bonds. The van der Waals surface area contributed by atoms with Gasteiger partial charge >= 0.3 is 0 Å². The van der Waals surface area contributed by atoms with Crippen LogP contribution in [0.4, 0.5) is 0 Å². The number of aryl methyl sites for hydroxylation is 1. The zero-order chi connectivity index (χ0) is 19.1. The molecule has 0 atom stereocenters. The summed E-state index contributed by atoms with van der Waals surface area (Å²) in [6, 6.07) is 35.0. The molecule has 1 heteroatoms. The lowest BCUT2D eigenvalue weighted by atomic mass is 9.90. The first-order valence-electron chi connectivity index (χ1n) is 9.49. The van der Waals surface area contributed by atoms with Gasteiger partial charge in [-0.25, -0.2) is 0 Å². The highest BCUT2D eigenvalue weighted by atomic mass is 79.9. The van der Waals surface area contributed by atoms with Gasteiger partial charge in [0.05, 0.1) is 0 Å². The van der Waals surface area contributed by atoms with Crippen LogP contribution in [0.15, 0.2) is 102 Å². The number of rotatable bonds is 2. The summed E-state index contributed by atoms with van der Waals surface area (Å²) in [5.41, 5.74) is 6.36. The number of hydrogen-bond donors (Lipinski definition) is 0. The normalized spacial score (nSPS) is 11.2. The van der Waals surface area contributed by atoms with Crippen LogP contribution in [0.3, 0.4) is 0 Å². The standard InChI is InChI=1S/C27H19Br/c1-18-10-12-19(13-11-18)20-14-15-24(22-7-3-2-6-21(20)22)25-16-17-27(28)26-9-5-4-8-23(25)26/h2-17H,1H3. The molecule has 134 valence electrons. The van der Waals surface area contributed by atoms with Crippen molar-refractivity contribution in [3.05, 3.63) is 107 Å². The highest BCUT2D eigenvalue weighted by Crippen LogP contribution is 2.39. The number of benzene rings is 5. The number of halogens is 1. The highest BCUT2D eigenvalue weighted by molar-refractivity contribution is 9.10. The van der Waals surface area contributed by atoms with Crippen LogP contribution in [0.2, 0.25) is 0 Å². The fourth-order valence-electron chi connectivity index (χ4n) is 4.02. The summed E-state index contributed by atoms with van der Waals surface area (Å²) < 4.78 is 1.13. The molecule has 0 saturated heterocycles. The molecule has 5 aromatic rings. The summed E-state index contributed by atoms with van der Waals surface area (Å²) in [5, 5.41) is 5.08. The maximum absolute atomic E-state index is 3.70. The molecule has 0 fully saturated rings. The molecular weight excluding hydrogens is 404 g/mol. The van der Waals surface area contributed by atoms with Crippen LogP contribution >= 0.6 is 15.9 Å². The first-order valence-corrected chi connectivity index (χ1v) is 10.3. The fourth-order valence-corrected chi connectivity index (χ4v) is 4.49. The van der Waals surface area contributed by atoms with Gasteiger partial charge < -0.3 is 0 Å². The van der Waals surface area contributed by atoms with Crippen LogP contribution in [0.25, 0.3) is 43.8 Å². The van der Waals surface area contributed by atoms with Crippen molar-refractivity contribution in [1.82, 2.24) is 0 Å². The van der Waals surface area contributed by atoms with E-state index in [4.69, 9.17) is 0 Å². The van der Waals surface area contributed by atoms with E-state index >= 15 is 0 Å². The SMILES string of the molecule is Cc1ccc(-c2ccc(-c3ccc(Br)c4ccccc34)c3ccccc23)cc1. The van der Waals surface area contributed by atoms with Gasteiger partial charge in [0.25, 0.3) is 0 Å². The minimum atomic E-state index is 1.13. The van der Waals surface area contributed by atoms with E-state index in [-0.39, 0.29) is 0 Å². The molecule has 28 heavy (non-hydrogen) atoms. The molecule has 0 aliphatic heterocycles. The van der Waals surface area contributed by atoms with Gasteiger partial charge in [0, 0.05) is 4.47 Å². The first-order chi connectivity index (χ1) is 13.7. The van der Waals surface area contributed by atoms with Gasteiger partial charge in [-0.15, -0.1) is 0 Å². The Bertz CT molecular complexity index is 1310. The van der Waals surface area contributed by atoms with Crippen molar-refractivity contribution < 1.29 is 0 Å². The Morgan fingerprint density at radius 1 is 0.464 bits per heavy atom. The molecule has 0 saturated carbocycles. The zero-order valence-electron chi connectivity index (χ0n) is 15.6. The Kier molecular flexibility index (Phi) is 4.26. The number of fused-ring (bicyclic) bond motifs is 2. The number of hydrogen-bond acceptors (Lipinski definition) is 0. The molecule has 0 heterocycles. The van der Waals surface area contributed by atoms with Gasteiger partial charge in [0.1, 0.15) is 0 Å². The summed E-state index contributed by atoms with van der Waals surface area (Å²) >= 11 is 3.70. The average Bonchev–Trinajstić information content (AvgIpc) is 2.74. The maximum atomic E-state index is 3.70. The Morgan fingerprint density at radius 2 is 0.929 bits per heavy atom. The van der Waals surface area contributed by atoms with Crippen molar-refractivity contribution in [2.24, 2.45) is 0 Å². The van der Waals surface area contributed by atoms with Crippen LogP contribution in [-0.2, 0) is 0 Å². The molecule has 5 rings (SSSR count). The van der Waals surface area contributed by atoms with Crippen molar-refractivity contribution in [2.75, 3.05) is 0 Å². The lowest BCUT2D eigenvalue weighted by Crippen LogP contribution is -1.88. The van der Waals surface area contributed by atoms with E-state index in [1.165, 1.54) is 49.4 Å². The smallest absolute Gasteiger partial charge is 0.0254 e. The van der Waals surface area contributed by atoms with Gasteiger partial charge in [-0.05, 0) is 56.8 Å². The van der Waals surface area contributed by atoms with Crippen molar-refractivity contribution in [2.45, 2.75) is 6.92 Å². The third-order valence-electron chi connectivity index (χ3n) is 5.45. The average molecular weight is 423 g/mol. The fraction of sp³-hybridized carbons (Fsp3) is 0.0370. The molecule has 0 radical (unpaired) electrons. The van der Waals surface area contributed by atoms with Gasteiger partial charge in [-0.1, -0.05) is 112 Å². The van der Waals surface area contributed by atoms with Crippen LogP contribution in [-0.4, -0.2) is 0 Å². The molecule has 0 aromatic heterocycles. The molecule has 0 N–H and O–H groups in total. The Labute approximate surface area is 173 Å². The molecule has 0 bridgehead atoms. The van der Waals surface area contributed by atoms with Gasteiger partial charge in [0.2, 0.25) is 0 Å². The summed E-state index contributed by atoms with van der Waals surface area (Å²) in [6.07, 6.45) is 0. The molecule has 0 spiro atoms. The van der Waals surface area contributed by atoms with Crippen molar-refractivity contribution >= 4 is 37.5 Å². The Hall–Kier alpha value is -2.90. The second-order valence-corrected chi connectivity index (χ2v) is 8.07. The largest absolute Gasteiger partial charge is 0.0616 e. The topological polar surface area (TPSA) is 0 Å². The van der Waals surface area contributed by atoms with Crippen molar-refractivity contribution in [1.29, 1.82) is 0 Å². The van der Waals surface area contributed by atoms with Crippen LogP contribution in [0, 0.1) is 6.92 Å². The second kappa shape index (κ2) is 6.92. The lowest BCUT2D eigenvalue weighted by Gasteiger charge is -2.14. The third-order valence-corrected chi connectivity index (χ3v) is 6.14. The van der Waals surface area contributed by atoms with Crippen molar-refractivity contribution in [3.8, 4) is 22.3 Å². The minimum absolute atomic E-state index is 1.13. The van der Waals surface area contributed by atoms with E-state index in [0.717, 1.165) is 4.47 Å². The summed E-state index contributed by atoms with van der Waals surface area (Å²) in [4.78, 5) is 0. The zero-order valence-corrected chi connectivity index (χ0v) is 17.2. The summed E-state index contributed by atoms with van der Waals surface area (Å²) in [7, 11) is 0. The maximum Gasteiger partial charge on any atom is 0.0254 e. The molecule has 5 aromatic carbocycles. The minimum Gasteiger partial charge on any atom is -0.0616 e. The molecule has 0 aliphatic carbocycles. The summed E-state index contributed by atoms with van der Waals surface area (Å²) in [6.45, 7) is 2.13. The lowest BCUT2D eigenvalue weighted by molar-refractivity contribution is 1.47. The van der Waals surface area contributed by atoms with E-state index in [0.29, 0.717) is 0 Å². The molecule has 0 nitrogen and oxygen atoms in total. The predicted molar refractivity (Wildman–Crippen MR) is 125 cm³/mol. The van der Waals surface area contributed by atoms with Crippen molar-refractivity contribution in [3.63, 3.8) is 0 Å². The van der Waals surface area contributed by atoms with Gasteiger partial charge in [0.15, 0.2) is 0 Å². The van der Waals surface area contributed by atoms with E-state index in [9.17, 15) is 0 Å². The molecule has 0 aliphatic rings. The van der Waals surface area contributed by atoms with Crippen LogP contribution in [0.5, 0.6) is 0 Å². The quantitative estimate of drug-likeness (QED) is 0.267. The summed E-state index contributed by atoms with van der Waals surface area (Å²) in [5.74, 6) is 0. The Morgan fingerprint density at radius 3 is 1.57 bits per heavy atom. The third kappa shape index (κ3) is 2.83.